The summed E-state index contributed by atoms with van der Waals surface area (Å²) in [5.41, 5.74) is 1.35. The van der Waals surface area contributed by atoms with Crippen molar-refractivity contribution in [2.45, 2.75) is 26.0 Å². The summed E-state index contributed by atoms with van der Waals surface area (Å²) in [5, 5.41) is 8.97. The fourth-order valence-electron chi connectivity index (χ4n) is 2.28. The third-order valence-corrected chi connectivity index (χ3v) is 3.25. The second-order valence-corrected chi connectivity index (χ2v) is 5.03. The number of aliphatic hydroxyl groups is 1. The highest BCUT2D eigenvalue weighted by Gasteiger charge is 2.10. The van der Waals surface area contributed by atoms with Crippen LogP contribution in [0.3, 0.4) is 0 Å². The molecule has 1 atom stereocenters. The summed E-state index contributed by atoms with van der Waals surface area (Å²) in [6.07, 6.45) is 0. The van der Waals surface area contributed by atoms with E-state index in [1.54, 1.807) is 0 Å². The lowest BCUT2D eigenvalue weighted by molar-refractivity contribution is 0.230. The van der Waals surface area contributed by atoms with Gasteiger partial charge < -0.3 is 9.52 Å². The smallest absolute Gasteiger partial charge is 0.129 e. The Balaban J connectivity index is 1.88. The van der Waals surface area contributed by atoms with Crippen molar-refractivity contribution in [3.05, 3.63) is 59.5 Å². The zero-order valence-electron chi connectivity index (χ0n) is 11.5. The third kappa shape index (κ3) is 3.94. The van der Waals surface area contributed by atoms with Gasteiger partial charge in [0.1, 0.15) is 18.1 Å². The molecule has 0 spiro atoms. The molecular formula is C16H21NO2. The summed E-state index contributed by atoms with van der Waals surface area (Å²) in [7, 11) is 2.08. The molecule has 1 heterocycles. The predicted octanol–water partition coefficient (Wildman–Crippen LogP) is 3.01. The number of aliphatic hydroxyl groups excluding tert-OH is 1. The molecule has 0 saturated carbocycles. The van der Waals surface area contributed by atoms with Crippen molar-refractivity contribution in [1.29, 1.82) is 0 Å². The van der Waals surface area contributed by atoms with E-state index in [9.17, 15) is 0 Å². The summed E-state index contributed by atoms with van der Waals surface area (Å²) >= 11 is 0. The van der Waals surface area contributed by atoms with Gasteiger partial charge in [0.05, 0.1) is 6.54 Å². The first-order valence-corrected chi connectivity index (χ1v) is 6.61. The van der Waals surface area contributed by atoms with Crippen LogP contribution in [0.1, 0.15) is 29.9 Å². The van der Waals surface area contributed by atoms with Crippen molar-refractivity contribution < 1.29 is 9.52 Å². The zero-order valence-corrected chi connectivity index (χ0v) is 11.5. The highest BCUT2D eigenvalue weighted by molar-refractivity contribution is 5.19. The van der Waals surface area contributed by atoms with Crippen LogP contribution in [-0.4, -0.2) is 23.6 Å². The van der Waals surface area contributed by atoms with Gasteiger partial charge in [-0.15, -0.1) is 0 Å². The number of likely N-dealkylation sites (N-methyl/N-ethyl adjacent to an activating group) is 1. The molecular weight excluding hydrogens is 238 g/mol. The second kappa shape index (κ2) is 6.55. The van der Waals surface area contributed by atoms with Crippen molar-refractivity contribution >= 4 is 0 Å². The second-order valence-electron chi connectivity index (χ2n) is 5.03. The number of nitrogens with zero attached hydrogens (tertiary/aromatic N) is 1. The molecule has 0 aliphatic heterocycles. The van der Waals surface area contributed by atoms with Crippen LogP contribution < -0.4 is 0 Å². The first kappa shape index (κ1) is 13.8. The van der Waals surface area contributed by atoms with Crippen LogP contribution in [0.25, 0.3) is 0 Å². The van der Waals surface area contributed by atoms with Crippen molar-refractivity contribution in [3.63, 3.8) is 0 Å². The predicted molar refractivity (Wildman–Crippen MR) is 75.8 cm³/mol. The van der Waals surface area contributed by atoms with Crippen LogP contribution in [0.2, 0.25) is 0 Å². The normalized spacial score (nSPS) is 12.8. The van der Waals surface area contributed by atoms with Crippen molar-refractivity contribution in [2.75, 3.05) is 13.6 Å². The molecule has 0 radical (unpaired) electrons. The van der Waals surface area contributed by atoms with E-state index >= 15 is 0 Å². The lowest BCUT2D eigenvalue weighted by Gasteiger charge is -2.20. The van der Waals surface area contributed by atoms with Gasteiger partial charge in [-0.05, 0) is 30.7 Å². The molecule has 1 aromatic carbocycles. The van der Waals surface area contributed by atoms with Crippen LogP contribution in [0, 0.1) is 0 Å². The first-order valence-electron chi connectivity index (χ1n) is 6.61. The van der Waals surface area contributed by atoms with E-state index in [1.165, 1.54) is 5.56 Å². The quantitative estimate of drug-likeness (QED) is 0.866. The van der Waals surface area contributed by atoms with E-state index in [4.69, 9.17) is 9.52 Å². The molecule has 0 aliphatic carbocycles. The molecule has 0 saturated heterocycles. The van der Waals surface area contributed by atoms with E-state index in [0.717, 1.165) is 18.8 Å². The Morgan fingerprint density at radius 2 is 1.79 bits per heavy atom. The molecule has 2 aromatic rings. The van der Waals surface area contributed by atoms with Gasteiger partial charge in [-0.2, -0.15) is 0 Å². The average molecular weight is 259 g/mol. The third-order valence-electron chi connectivity index (χ3n) is 3.25. The van der Waals surface area contributed by atoms with Gasteiger partial charge in [0.2, 0.25) is 0 Å². The molecule has 102 valence electrons. The van der Waals surface area contributed by atoms with Gasteiger partial charge in [-0.3, -0.25) is 4.90 Å². The molecule has 0 fully saturated rings. The molecule has 1 N–H and O–H groups in total. The van der Waals surface area contributed by atoms with Gasteiger partial charge in [0, 0.05) is 6.54 Å². The summed E-state index contributed by atoms with van der Waals surface area (Å²) in [4.78, 5) is 2.23. The molecule has 0 amide bonds. The Bertz CT molecular complexity index is 492. The molecule has 3 heteroatoms. The fraction of sp³-hybridized carbons (Fsp3) is 0.375. The summed E-state index contributed by atoms with van der Waals surface area (Å²) in [5.74, 6) is 2.00. The van der Waals surface area contributed by atoms with E-state index < -0.39 is 0 Å². The van der Waals surface area contributed by atoms with Crippen LogP contribution in [0.4, 0.5) is 0 Å². The fourth-order valence-corrected chi connectivity index (χ4v) is 2.28. The van der Waals surface area contributed by atoms with Crippen LogP contribution in [0.5, 0.6) is 0 Å². The molecule has 1 unspecified atom stereocenters. The monoisotopic (exact) mass is 259 g/mol. The van der Waals surface area contributed by atoms with Gasteiger partial charge >= 0.3 is 0 Å². The molecule has 19 heavy (non-hydrogen) atoms. The van der Waals surface area contributed by atoms with Crippen LogP contribution in [0.15, 0.2) is 46.9 Å². The topological polar surface area (TPSA) is 36.6 Å². The summed E-state index contributed by atoms with van der Waals surface area (Å²) in [6, 6.07) is 14.3. The average Bonchev–Trinajstić information content (AvgIpc) is 2.87. The minimum absolute atomic E-state index is 0.0376. The maximum Gasteiger partial charge on any atom is 0.129 e. The van der Waals surface area contributed by atoms with Crippen LogP contribution in [-0.2, 0) is 13.2 Å². The van der Waals surface area contributed by atoms with E-state index in [1.807, 2.05) is 18.2 Å². The van der Waals surface area contributed by atoms with E-state index in [0.29, 0.717) is 11.7 Å². The minimum atomic E-state index is -0.0376. The lowest BCUT2D eigenvalue weighted by Crippen LogP contribution is -2.22. The van der Waals surface area contributed by atoms with E-state index in [-0.39, 0.29) is 6.61 Å². The SMILES string of the molecule is CC(CN(C)Cc1ccc(CO)o1)c1ccccc1. The number of hydrogen-bond donors (Lipinski definition) is 1. The minimum Gasteiger partial charge on any atom is -0.462 e. The Labute approximate surface area is 114 Å². The molecule has 2 rings (SSSR count). The summed E-state index contributed by atoms with van der Waals surface area (Å²) in [6.45, 7) is 3.92. The number of hydrogen-bond acceptors (Lipinski definition) is 3. The largest absolute Gasteiger partial charge is 0.462 e. The number of benzene rings is 1. The first-order chi connectivity index (χ1) is 9.19. The van der Waals surface area contributed by atoms with Gasteiger partial charge in [0.15, 0.2) is 0 Å². The summed E-state index contributed by atoms with van der Waals surface area (Å²) < 4.78 is 5.50. The Hall–Kier alpha value is -1.58. The molecule has 0 aliphatic rings. The lowest BCUT2D eigenvalue weighted by atomic mass is 10.0. The standard InChI is InChI=1S/C16H21NO2/c1-13(14-6-4-3-5-7-14)10-17(2)11-15-8-9-16(12-18)19-15/h3-9,13,18H,10-12H2,1-2H3. The van der Waals surface area contributed by atoms with E-state index in [2.05, 4.69) is 43.1 Å². The Morgan fingerprint density at radius 1 is 1.11 bits per heavy atom. The molecule has 3 nitrogen and oxygen atoms in total. The maximum absolute atomic E-state index is 8.97. The van der Waals surface area contributed by atoms with Gasteiger partial charge in [0.25, 0.3) is 0 Å². The van der Waals surface area contributed by atoms with Crippen molar-refractivity contribution in [2.24, 2.45) is 0 Å². The Morgan fingerprint density at radius 3 is 2.42 bits per heavy atom. The zero-order chi connectivity index (χ0) is 13.7. The highest BCUT2D eigenvalue weighted by Crippen LogP contribution is 2.17. The highest BCUT2D eigenvalue weighted by atomic mass is 16.4. The van der Waals surface area contributed by atoms with Gasteiger partial charge in [-0.1, -0.05) is 37.3 Å². The maximum atomic E-state index is 8.97. The number of furan rings is 1. The number of rotatable bonds is 6. The van der Waals surface area contributed by atoms with Crippen LogP contribution >= 0.6 is 0 Å². The van der Waals surface area contributed by atoms with Crippen molar-refractivity contribution in [3.8, 4) is 0 Å². The Kier molecular flexibility index (Phi) is 4.77. The van der Waals surface area contributed by atoms with Gasteiger partial charge in [-0.25, -0.2) is 0 Å². The molecule has 1 aromatic heterocycles. The van der Waals surface area contributed by atoms with Crippen molar-refractivity contribution in [1.82, 2.24) is 4.90 Å². The molecule has 0 bridgehead atoms.